The molecule has 0 aliphatic heterocycles. The third-order valence-electron chi connectivity index (χ3n) is 4.20. The summed E-state index contributed by atoms with van der Waals surface area (Å²) >= 11 is 1.81. The Morgan fingerprint density at radius 1 is 1.55 bits per heavy atom. The van der Waals surface area contributed by atoms with Gasteiger partial charge in [0.25, 0.3) is 0 Å². The van der Waals surface area contributed by atoms with E-state index in [1.807, 2.05) is 42.6 Å². The normalized spacial score (nSPS) is 17.3. The van der Waals surface area contributed by atoms with Gasteiger partial charge >= 0.3 is 0 Å². The SMILES string of the molecule is Cc1nc2c(s1)CCCC2CN(C)C(=O)Cc1ccn(C)n1. The lowest BCUT2D eigenvalue weighted by Gasteiger charge is -2.26. The Morgan fingerprint density at radius 2 is 2.36 bits per heavy atom. The zero-order chi connectivity index (χ0) is 15.7. The van der Waals surface area contributed by atoms with Crippen molar-refractivity contribution >= 4 is 17.2 Å². The number of nitrogens with zero attached hydrogens (tertiary/aromatic N) is 4. The van der Waals surface area contributed by atoms with E-state index in [4.69, 9.17) is 4.98 Å². The Balaban J connectivity index is 1.64. The molecule has 22 heavy (non-hydrogen) atoms. The van der Waals surface area contributed by atoms with E-state index in [0.717, 1.165) is 30.1 Å². The molecule has 118 valence electrons. The second-order valence-corrected chi connectivity index (χ2v) is 7.35. The van der Waals surface area contributed by atoms with Crippen molar-refractivity contribution < 1.29 is 4.79 Å². The maximum Gasteiger partial charge on any atom is 0.228 e. The second-order valence-electron chi connectivity index (χ2n) is 6.06. The number of hydrogen-bond acceptors (Lipinski definition) is 4. The first-order chi connectivity index (χ1) is 10.5. The van der Waals surface area contributed by atoms with Gasteiger partial charge in [0, 0.05) is 37.6 Å². The van der Waals surface area contributed by atoms with Crippen LogP contribution in [0.4, 0.5) is 0 Å². The van der Waals surface area contributed by atoms with E-state index in [1.165, 1.54) is 17.0 Å². The van der Waals surface area contributed by atoms with E-state index < -0.39 is 0 Å². The first kappa shape index (κ1) is 15.2. The third-order valence-corrected chi connectivity index (χ3v) is 5.25. The highest BCUT2D eigenvalue weighted by Gasteiger charge is 2.26. The Morgan fingerprint density at radius 3 is 3.09 bits per heavy atom. The lowest BCUT2D eigenvalue weighted by molar-refractivity contribution is -0.129. The molecule has 0 N–H and O–H groups in total. The highest BCUT2D eigenvalue weighted by atomic mass is 32.1. The van der Waals surface area contributed by atoms with Crippen LogP contribution in [0.25, 0.3) is 0 Å². The van der Waals surface area contributed by atoms with Crippen LogP contribution in [0.5, 0.6) is 0 Å². The number of aromatic nitrogens is 3. The summed E-state index contributed by atoms with van der Waals surface area (Å²) in [5.74, 6) is 0.504. The quantitative estimate of drug-likeness (QED) is 0.869. The van der Waals surface area contributed by atoms with Crippen molar-refractivity contribution in [1.29, 1.82) is 0 Å². The minimum absolute atomic E-state index is 0.123. The van der Waals surface area contributed by atoms with Gasteiger partial charge in [-0.25, -0.2) is 4.98 Å². The number of fused-ring (bicyclic) bond motifs is 1. The number of thiazole rings is 1. The summed E-state index contributed by atoms with van der Waals surface area (Å²) in [6, 6.07) is 1.90. The van der Waals surface area contributed by atoms with Gasteiger partial charge in [0.05, 0.1) is 22.8 Å². The van der Waals surface area contributed by atoms with Crippen LogP contribution in [-0.4, -0.2) is 39.2 Å². The molecule has 1 amide bonds. The molecule has 2 heterocycles. The predicted molar refractivity (Wildman–Crippen MR) is 87.1 cm³/mol. The Kier molecular flexibility index (Phi) is 4.29. The predicted octanol–water partition coefficient (Wildman–Crippen LogP) is 2.31. The van der Waals surface area contributed by atoms with Crippen LogP contribution in [0.1, 0.15) is 40.0 Å². The standard InChI is InChI=1S/C16H22N4OS/c1-11-17-16-12(5-4-6-14(16)22-11)10-19(2)15(21)9-13-7-8-20(3)18-13/h7-8,12H,4-6,9-10H2,1-3H3. The van der Waals surface area contributed by atoms with Crippen LogP contribution >= 0.6 is 11.3 Å². The third kappa shape index (κ3) is 3.21. The Hall–Kier alpha value is -1.69. The number of aryl methyl sites for hydroxylation is 3. The number of likely N-dealkylation sites (N-methyl/N-ethyl adjacent to an activating group) is 1. The molecule has 0 aromatic carbocycles. The monoisotopic (exact) mass is 318 g/mol. The number of carbonyl (C=O) groups excluding carboxylic acids is 1. The maximum atomic E-state index is 12.4. The summed E-state index contributed by atoms with van der Waals surface area (Å²) in [5.41, 5.74) is 2.06. The molecule has 0 saturated heterocycles. The molecule has 6 heteroatoms. The van der Waals surface area contributed by atoms with Crippen molar-refractivity contribution in [2.45, 2.75) is 38.5 Å². The summed E-state index contributed by atoms with van der Waals surface area (Å²) in [5, 5.41) is 5.42. The van der Waals surface area contributed by atoms with E-state index >= 15 is 0 Å². The van der Waals surface area contributed by atoms with Gasteiger partial charge in [-0.2, -0.15) is 5.10 Å². The van der Waals surface area contributed by atoms with Crippen LogP contribution in [0.15, 0.2) is 12.3 Å². The number of carbonyl (C=O) groups is 1. The average molecular weight is 318 g/mol. The number of rotatable bonds is 4. The van der Waals surface area contributed by atoms with E-state index in [9.17, 15) is 4.79 Å². The first-order valence-corrected chi connectivity index (χ1v) is 8.53. The van der Waals surface area contributed by atoms with Crippen LogP contribution < -0.4 is 0 Å². The van der Waals surface area contributed by atoms with Crippen LogP contribution in [0.2, 0.25) is 0 Å². The maximum absolute atomic E-state index is 12.4. The molecular weight excluding hydrogens is 296 g/mol. The zero-order valence-corrected chi connectivity index (χ0v) is 14.2. The van der Waals surface area contributed by atoms with Gasteiger partial charge in [0.15, 0.2) is 0 Å². The molecular formula is C16H22N4OS. The summed E-state index contributed by atoms with van der Waals surface area (Å²) in [6.45, 7) is 2.82. The fourth-order valence-corrected chi connectivity index (χ4v) is 4.15. The molecule has 1 atom stereocenters. The van der Waals surface area contributed by atoms with Crippen molar-refractivity contribution in [1.82, 2.24) is 19.7 Å². The van der Waals surface area contributed by atoms with Crippen LogP contribution in [0.3, 0.4) is 0 Å². The van der Waals surface area contributed by atoms with E-state index in [0.29, 0.717) is 12.3 Å². The molecule has 0 bridgehead atoms. The summed E-state index contributed by atoms with van der Waals surface area (Å²) < 4.78 is 1.73. The van der Waals surface area contributed by atoms with Gasteiger partial charge in [-0.15, -0.1) is 11.3 Å². The summed E-state index contributed by atoms with van der Waals surface area (Å²) in [6.07, 6.45) is 5.70. The number of hydrogen-bond donors (Lipinski definition) is 0. The van der Waals surface area contributed by atoms with Gasteiger partial charge in [-0.1, -0.05) is 0 Å². The summed E-state index contributed by atoms with van der Waals surface area (Å²) in [7, 11) is 3.75. The molecule has 5 nitrogen and oxygen atoms in total. The van der Waals surface area contributed by atoms with E-state index in [2.05, 4.69) is 12.0 Å². The van der Waals surface area contributed by atoms with Gasteiger partial charge in [0.2, 0.25) is 5.91 Å². The molecule has 1 aliphatic carbocycles. The molecule has 0 spiro atoms. The largest absolute Gasteiger partial charge is 0.345 e. The van der Waals surface area contributed by atoms with Gasteiger partial charge < -0.3 is 4.90 Å². The van der Waals surface area contributed by atoms with Gasteiger partial charge in [0.1, 0.15) is 0 Å². The molecule has 3 rings (SSSR count). The minimum atomic E-state index is 0.123. The van der Waals surface area contributed by atoms with Crippen molar-refractivity contribution in [3.63, 3.8) is 0 Å². The molecule has 2 aromatic rings. The molecule has 0 radical (unpaired) electrons. The van der Waals surface area contributed by atoms with E-state index in [1.54, 1.807) is 4.68 Å². The van der Waals surface area contributed by atoms with Gasteiger partial charge in [-0.3, -0.25) is 9.48 Å². The van der Waals surface area contributed by atoms with Crippen molar-refractivity contribution in [2.24, 2.45) is 7.05 Å². The lowest BCUT2D eigenvalue weighted by Crippen LogP contribution is -2.33. The molecule has 1 unspecified atom stereocenters. The van der Waals surface area contributed by atoms with Gasteiger partial charge in [-0.05, 0) is 32.3 Å². The molecule has 2 aromatic heterocycles. The second kappa shape index (κ2) is 6.20. The Bertz CT molecular complexity index is 675. The lowest BCUT2D eigenvalue weighted by atomic mass is 9.90. The minimum Gasteiger partial charge on any atom is -0.345 e. The highest BCUT2D eigenvalue weighted by Crippen LogP contribution is 2.34. The van der Waals surface area contributed by atoms with E-state index in [-0.39, 0.29) is 5.91 Å². The van der Waals surface area contributed by atoms with Crippen molar-refractivity contribution in [3.05, 3.63) is 33.5 Å². The topological polar surface area (TPSA) is 51.0 Å². The smallest absolute Gasteiger partial charge is 0.228 e. The van der Waals surface area contributed by atoms with Crippen LogP contribution in [0, 0.1) is 6.92 Å². The molecule has 1 aliphatic rings. The van der Waals surface area contributed by atoms with Crippen molar-refractivity contribution in [3.8, 4) is 0 Å². The molecule has 0 saturated carbocycles. The Labute approximate surface area is 135 Å². The fourth-order valence-electron chi connectivity index (χ4n) is 3.09. The van der Waals surface area contributed by atoms with Crippen molar-refractivity contribution in [2.75, 3.05) is 13.6 Å². The highest BCUT2D eigenvalue weighted by molar-refractivity contribution is 7.11. The average Bonchev–Trinajstić information content (AvgIpc) is 3.04. The van der Waals surface area contributed by atoms with Crippen LogP contribution in [-0.2, 0) is 24.7 Å². The summed E-state index contributed by atoms with van der Waals surface area (Å²) in [4.78, 5) is 20.3. The first-order valence-electron chi connectivity index (χ1n) is 7.71. The fraction of sp³-hybridized carbons (Fsp3) is 0.562. The number of amides is 1. The zero-order valence-electron chi connectivity index (χ0n) is 13.4. The molecule has 0 fully saturated rings.